The van der Waals surface area contributed by atoms with Crippen molar-refractivity contribution in [2.75, 3.05) is 19.6 Å². The van der Waals surface area contributed by atoms with Crippen molar-refractivity contribution in [3.05, 3.63) is 29.8 Å². The van der Waals surface area contributed by atoms with Crippen molar-refractivity contribution in [2.45, 2.75) is 26.4 Å². The van der Waals surface area contributed by atoms with E-state index in [-0.39, 0.29) is 17.8 Å². The van der Waals surface area contributed by atoms with Gasteiger partial charge in [0.25, 0.3) is 0 Å². The Labute approximate surface area is 118 Å². The van der Waals surface area contributed by atoms with Crippen LogP contribution < -0.4 is 0 Å². The number of halogens is 1. The van der Waals surface area contributed by atoms with Gasteiger partial charge >= 0.3 is 0 Å². The lowest BCUT2D eigenvalue weighted by Crippen LogP contribution is -2.45. The molecule has 2 heterocycles. The van der Waals surface area contributed by atoms with Crippen molar-refractivity contribution in [2.24, 2.45) is 11.8 Å². The van der Waals surface area contributed by atoms with Crippen molar-refractivity contribution in [3.63, 3.8) is 0 Å². The summed E-state index contributed by atoms with van der Waals surface area (Å²) in [4.78, 5) is 18.1. The quantitative estimate of drug-likeness (QED) is 0.854. The molecule has 0 saturated carbocycles. The van der Waals surface area contributed by atoms with Crippen LogP contribution in [0.25, 0.3) is 0 Å². The van der Waals surface area contributed by atoms with Crippen LogP contribution in [0.5, 0.6) is 0 Å². The van der Waals surface area contributed by atoms with Crippen molar-refractivity contribution >= 4 is 5.78 Å². The van der Waals surface area contributed by atoms with E-state index >= 15 is 0 Å². The molecule has 3 atom stereocenters. The van der Waals surface area contributed by atoms with Crippen molar-refractivity contribution in [1.29, 1.82) is 0 Å². The first-order valence-corrected chi connectivity index (χ1v) is 7.03. The molecule has 110 valence electrons. The molecule has 2 rings (SSSR count). The van der Waals surface area contributed by atoms with Crippen molar-refractivity contribution < 1.29 is 14.3 Å². The fourth-order valence-corrected chi connectivity index (χ4v) is 2.52. The average molecular weight is 280 g/mol. The Morgan fingerprint density at radius 1 is 1.60 bits per heavy atom. The molecule has 1 aliphatic heterocycles. The highest BCUT2D eigenvalue weighted by Gasteiger charge is 2.27. The van der Waals surface area contributed by atoms with Crippen LogP contribution >= 0.6 is 0 Å². The Bertz CT molecular complexity index is 463. The number of β-amino-alcohol motifs (C(OH)–C–C–N with tert-alkyl or cyclic N) is 1. The van der Waals surface area contributed by atoms with Gasteiger partial charge in [0.1, 0.15) is 11.5 Å². The van der Waals surface area contributed by atoms with Gasteiger partial charge in [-0.15, -0.1) is 0 Å². The predicted octanol–water partition coefficient (Wildman–Crippen LogP) is 1.74. The Morgan fingerprint density at radius 2 is 2.35 bits per heavy atom. The zero-order chi connectivity index (χ0) is 14.7. The first kappa shape index (κ1) is 15.1. The fraction of sp³-hybridized carbons (Fsp3) is 0.600. The first-order valence-electron chi connectivity index (χ1n) is 7.03. The smallest absolute Gasteiger partial charge is 0.185 e. The number of nitrogens with zero attached hydrogens (tertiary/aromatic N) is 2. The lowest BCUT2D eigenvalue weighted by atomic mass is 9.94. The van der Waals surface area contributed by atoms with E-state index in [0.29, 0.717) is 24.7 Å². The third-order valence-electron chi connectivity index (χ3n) is 3.96. The molecule has 0 aliphatic carbocycles. The fourth-order valence-electron chi connectivity index (χ4n) is 2.52. The number of likely N-dealkylation sites (tertiary alicyclic amines) is 1. The molecule has 1 aromatic heterocycles. The molecule has 4 nitrogen and oxygen atoms in total. The molecule has 20 heavy (non-hydrogen) atoms. The van der Waals surface area contributed by atoms with Crippen molar-refractivity contribution in [1.82, 2.24) is 9.88 Å². The summed E-state index contributed by atoms with van der Waals surface area (Å²) in [5.41, 5.74) is 0.296. The van der Waals surface area contributed by atoms with Gasteiger partial charge in [0, 0.05) is 19.0 Å². The highest BCUT2D eigenvalue weighted by atomic mass is 19.1. The van der Waals surface area contributed by atoms with Crippen LogP contribution in [0.2, 0.25) is 0 Å². The second-order valence-corrected chi connectivity index (χ2v) is 5.72. The molecule has 0 radical (unpaired) electrons. The van der Waals surface area contributed by atoms with Crippen LogP contribution in [0.1, 0.15) is 30.8 Å². The Kier molecular flexibility index (Phi) is 4.83. The number of hydrogen-bond donors (Lipinski definition) is 1. The van der Waals surface area contributed by atoms with Crippen LogP contribution in [-0.4, -0.2) is 46.5 Å². The zero-order valence-corrected chi connectivity index (χ0v) is 11.9. The van der Waals surface area contributed by atoms with Gasteiger partial charge in [0.2, 0.25) is 0 Å². The number of piperidine rings is 1. The molecule has 1 aromatic rings. The highest BCUT2D eigenvalue weighted by Crippen LogP contribution is 2.18. The van der Waals surface area contributed by atoms with Crippen molar-refractivity contribution in [3.8, 4) is 0 Å². The summed E-state index contributed by atoms with van der Waals surface area (Å²) in [5.74, 6) is -0.426. The molecular weight excluding hydrogens is 259 g/mol. The lowest BCUT2D eigenvalue weighted by Gasteiger charge is -2.35. The van der Waals surface area contributed by atoms with E-state index in [0.717, 1.165) is 19.2 Å². The monoisotopic (exact) mass is 280 g/mol. The summed E-state index contributed by atoms with van der Waals surface area (Å²) in [5, 5.41) is 9.87. The molecular formula is C15H21FN2O2. The van der Waals surface area contributed by atoms with Gasteiger partial charge < -0.3 is 10.0 Å². The molecule has 0 aromatic carbocycles. The van der Waals surface area contributed by atoms with Gasteiger partial charge in [0.15, 0.2) is 5.78 Å². The van der Waals surface area contributed by atoms with E-state index < -0.39 is 5.82 Å². The number of aliphatic hydroxyl groups excluding tert-OH is 1. The Hall–Kier alpha value is -1.33. The lowest BCUT2D eigenvalue weighted by molar-refractivity contribution is 0.0237. The maximum atomic E-state index is 12.8. The zero-order valence-electron chi connectivity index (χ0n) is 11.9. The van der Waals surface area contributed by atoms with E-state index in [1.807, 2.05) is 13.8 Å². The summed E-state index contributed by atoms with van der Waals surface area (Å²) in [6, 6.07) is 2.67. The van der Waals surface area contributed by atoms with Gasteiger partial charge in [-0.05, 0) is 31.0 Å². The molecule has 0 bridgehead atoms. The predicted molar refractivity (Wildman–Crippen MR) is 73.9 cm³/mol. The number of aromatic nitrogens is 1. The van der Waals surface area contributed by atoms with Crippen LogP contribution in [0.3, 0.4) is 0 Å². The van der Waals surface area contributed by atoms with Crippen LogP contribution in [0.15, 0.2) is 18.3 Å². The largest absolute Gasteiger partial charge is 0.392 e. The number of hydrogen-bond acceptors (Lipinski definition) is 4. The normalized spacial score (nSPS) is 25.4. The van der Waals surface area contributed by atoms with E-state index in [1.165, 1.54) is 12.1 Å². The molecule has 1 saturated heterocycles. The number of aliphatic hydroxyl groups is 1. The van der Waals surface area contributed by atoms with Gasteiger partial charge in [-0.2, -0.15) is 0 Å². The maximum absolute atomic E-state index is 12.8. The molecule has 1 N–H and O–H groups in total. The number of ketones is 1. The Morgan fingerprint density at radius 3 is 2.95 bits per heavy atom. The summed E-state index contributed by atoms with van der Waals surface area (Å²) in [7, 11) is 0. The van der Waals surface area contributed by atoms with Crippen LogP contribution in [0, 0.1) is 17.7 Å². The maximum Gasteiger partial charge on any atom is 0.185 e. The van der Waals surface area contributed by atoms with E-state index in [4.69, 9.17) is 0 Å². The number of carbonyl (C=O) groups is 1. The van der Waals surface area contributed by atoms with Gasteiger partial charge in [-0.1, -0.05) is 13.8 Å². The average Bonchev–Trinajstić information content (AvgIpc) is 2.43. The Balaban J connectivity index is 1.93. The summed E-state index contributed by atoms with van der Waals surface area (Å²) in [6.07, 6.45) is 1.68. The molecule has 1 fully saturated rings. The standard InChI is InChI=1S/C15H21FN2O2/c1-10-5-6-18(9-14(10)19)8-11(2)15(20)13-4-3-12(16)7-17-13/h3-4,7,10-11,14,19H,5-6,8-9H2,1-2H3. The van der Waals surface area contributed by atoms with Crippen LogP contribution in [0.4, 0.5) is 4.39 Å². The molecule has 0 spiro atoms. The number of rotatable bonds is 4. The van der Waals surface area contributed by atoms with Gasteiger partial charge in [0.05, 0.1) is 12.3 Å². The molecule has 5 heteroatoms. The molecule has 1 aliphatic rings. The second-order valence-electron chi connectivity index (χ2n) is 5.72. The summed E-state index contributed by atoms with van der Waals surface area (Å²) < 4.78 is 12.8. The van der Waals surface area contributed by atoms with E-state index in [1.54, 1.807) is 0 Å². The molecule has 3 unspecified atom stereocenters. The SMILES string of the molecule is CC(CN1CCC(C)C(O)C1)C(=O)c1ccc(F)cn1. The third kappa shape index (κ3) is 3.61. The van der Waals surface area contributed by atoms with Crippen LogP contribution in [-0.2, 0) is 0 Å². The number of pyridine rings is 1. The minimum atomic E-state index is -0.442. The highest BCUT2D eigenvalue weighted by molar-refractivity contribution is 5.95. The third-order valence-corrected chi connectivity index (χ3v) is 3.96. The van der Waals surface area contributed by atoms with Gasteiger partial charge in [-0.25, -0.2) is 4.39 Å². The number of carbonyl (C=O) groups excluding carboxylic acids is 1. The minimum Gasteiger partial charge on any atom is -0.392 e. The van der Waals surface area contributed by atoms with E-state index in [2.05, 4.69) is 9.88 Å². The summed E-state index contributed by atoms with van der Waals surface area (Å²) in [6.45, 7) is 5.99. The second kappa shape index (κ2) is 6.41. The topological polar surface area (TPSA) is 53.4 Å². The summed E-state index contributed by atoms with van der Waals surface area (Å²) >= 11 is 0. The first-order chi connectivity index (χ1) is 9.47. The minimum absolute atomic E-state index is 0.0851. The van der Waals surface area contributed by atoms with Gasteiger partial charge in [-0.3, -0.25) is 9.78 Å². The molecule has 0 amide bonds. The van der Waals surface area contributed by atoms with E-state index in [9.17, 15) is 14.3 Å². The number of Topliss-reactive ketones (excluding diaryl/α,β-unsaturated/α-hetero) is 1.